The Morgan fingerprint density at radius 1 is 1.21 bits per heavy atom. The number of nitrogens with zero attached hydrogens (tertiary/aromatic N) is 3. The van der Waals surface area contributed by atoms with Crippen molar-refractivity contribution in [3.8, 4) is 0 Å². The van der Waals surface area contributed by atoms with Gasteiger partial charge in [0.15, 0.2) is 5.96 Å². The number of carbonyl (C=O) groups is 1. The van der Waals surface area contributed by atoms with E-state index >= 15 is 0 Å². The second-order valence-corrected chi connectivity index (χ2v) is 8.41. The van der Waals surface area contributed by atoms with Crippen molar-refractivity contribution in [2.45, 2.75) is 64.0 Å². The highest BCUT2D eigenvalue weighted by Crippen LogP contribution is 2.25. The van der Waals surface area contributed by atoms with Gasteiger partial charge in [0.25, 0.3) is 0 Å². The first kappa shape index (κ1) is 26.4. The topological polar surface area (TPSA) is 69.2 Å². The Kier molecular flexibility index (Phi) is 11.8. The quantitative estimate of drug-likeness (QED) is 0.305. The molecule has 0 aromatic carbocycles. The number of likely N-dealkylation sites (tertiary alicyclic amines) is 1. The molecule has 2 aliphatic heterocycles. The highest BCUT2D eigenvalue weighted by molar-refractivity contribution is 14.0. The number of ether oxygens (including phenoxy) is 1. The van der Waals surface area contributed by atoms with Crippen LogP contribution in [0.4, 0.5) is 0 Å². The van der Waals surface area contributed by atoms with E-state index in [1.54, 1.807) is 0 Å². The highest BCUT2D eigenvalue weighted by atomic mass is 127. The minimum atomic E-state index is 0. The third kappa shape index (κ3) is 7.24. The van der Waals surface area contributed by atoms with Gasteiger partial charge in [0.1, 0.15) is 0 Å². The number of nitrogens with one attached hydrogen (secondary N) is 2. The molecule has 0 unspecified atom stereocenters. The lowest BCUT2D eigenvalue weighted by Crippen LogP contribution is -2.58. The van der Waals surface area contributed by atoms with E-state index in [4.69, 9.17) is 4.74 Å². The molecule has 1 amide bonds. The van der Waals surface area contributed by atoms with E-state index in [0.717, 1.165) is 77.3 Å². The van der Waals surface area contributed by atoms with Crippen molar-refractivity contribution in [1.29, 1.82) is 0 Å². The molecule has 170 valence electrons. The molecule has 0 saturated carbocycles. The molecule has 2 aliphatic rings. The van der Waals surface area contributed by atoms with Crippen LogP contribution < -0.4 is 10.6 Å². The van der Waals surface area contributed by atoms with Crippen LogP contribution in [0, 0.1) is 5.92 Å². The summed E-state index contributed by atoms with van der Waals surface area (Å²) in [5.74, 6) is 1.37. The van der Waals surface area contributed by atoms with Crippen molar-refractivity contribution in [3.05, 3.63) is 0 Å². The summed E-state index contributed by atoms with van der Waals surface area (Å²) < 4.78 is 5.56. The molecule has 2 saturated heterocycles. The molecule has 0 aliphatic carbocycles. The van der Waals surface area contributed by atoms with Crippen molar-refractivity contribution in [2.24, 2.45) is 10.9 Å². The van der Waals surface area contributed by atoms with Crippen LogP contribution in [0.5, 0.6) is 0 Å². The maximum Gasteiger partial charge on any atom is 0.225 e. The number of rotatable bonds is 7. The Balaban J connectivity index is 0.00000420. The number of piperidine rings is 1. The largest absolute Gasteiger partial charge is 0.381 e. The van der Waals surface area contributed by atoms with Gasteiger partial charge < -0.3 is 25.2 Å². The van der Waals surface area contributed by atoms with Crippen molar-refractivity contribution >= 4 is 35.8 Å². The normalized spacial score (nSPS) is 20.5. The van der Waals surface area contributed by atoms with Gasteiger partial charge in [0, 0.05) is 57.4 Å². The van der Waals surface area contributed by atoms with Crippen LogP contribution >= 0.6 is 24.0 Å². The lowest BCUT2D eigenvalue weighted by atomic mass is 9.88. The van der Waals surface area contributed by atoms with E-state index in [0.29, 0.717) is 11.9 Å². The summed E-state index contributed by atoms with van der Waals surface area (Å²) in [4.78, 5) is 21.4. The van der Waals surface area contributed by atoms with Gasteiger partial charge in [0.2, 0.25) is 5.91 Å². The summed E-state index contributed by atoms with van der Waals surface area (Å²) in [6.07, 6.45) is 5.87. The van der Waals surface area contributed by atoms with Crippen molar-refractivity contribution in [1.82, 2.24) is 20.4 Å². The number of halogens is 1. The fraction of sp³-hybridized carbons (Fsp3) is 0.905. The summed E-state index contributed by atoms with van der Waals surface area (Å²) in [6.45, 7) is 8.37. The zero-order valence-corrected chi connectivity index (χ0v) is 21.3. The SMILES string of the molecule is CCC(CC)C(=O)N1CCC(NC(=NC)NCC2(N(C)C)CCOCC2)CC1.I. The summed E-state index contributed by atoms with van der Waals surface area (Å²) in [5.41, 5.74) is 0.112. The minimum Gasteiger partial charge on any atom is -0.381 e. The van der Waals surface area contributed by atoms with Crippen molar-refractivity contribution < 1.29 is 9.53 Å². The van der Waals surface area contributed by atoms with Crippen LogP contribution in [0.1, 0.15) is 52.4 Å². The number of amides is 1. The fourth-order valence-corrected chi connectivity index (χ4v) is 4.31. The molecule has 0 bridgehead atoms. The maximum absolute atomic E-state index is 12.6. The summed E-state index contributed by atoms with van der Waals surface area (Å²) >= 11 is 0. The average molecular weight is 524 g/mol. The first-order chi connectivity index (χ1) is 13.5. The smallest absolute Gasteiger partial charge is 0.225 e. The number of aliphatic imine (C=N–C) groups is 1. The number of hydrogen-bond donors (Lipinski definition) is 2. The summed E-state index contributed by atoms with van der Waals surface area (Å²) in [5, 5.41) is 7.11. The Morgan fingerprint density at radius 2 is 1.79 bits per heavy atom. The molecular formula is C21H42IN5O2. The summed E-state index contributed by atoms with van der Waals surface area (Å²) in [7, 11) is 6.12. The first-order valence-electron chi connectivity index (χ1n) is 11.0. The molecule has 7 nitrogen and oxygen atoms in total. The third-order valence-electron chi connectivity index (χ3n) is 6.66. The second kappa shape index (κ2) is 12.9. The maximum atomic E-state index is 12.6. The second-order valence-electron chi connectivity index (χ2n) is 8.41. The monoisotopic (exact) mass is 523 g/mol. The van der Waals surface area contributed by atoms with Gasteiger partial charge in [-0.2, -0.15) is 0 Å². The number of hydrogen-bond acceptors (Lipinski definition) is 4. The van der Waals surface area contributed by atoms with Crippen LogP contribution in [-0.2, 0) is 9.53 Å². The predicted octanol–water partition coefficient (Wildman–Crippen LogP) is 2.31. The zero-order chi connectivity index (χ0) is 20.6. The summed E-state index contributed by atoms with van der Waals surface area (Å²) in [6, 6.07) is 0.363. The lowest BCUT2D eigenvalue weighted by molar-refractivity contribution is -0.136. The Hall–Kier alpha value is -0.610. The van der Waals surface area contributed by atoms with Gasteiger partial charge in [-0.3, -0.25) is 9.79 Å². The van der Waals surface area contributed by atoms with Gasteiger partial charge in [0.05, 0.1) is 0 Å². The van der Waals surface area contributed by atoms with Crippen molar-refractivity contribution in [2.75, 3.05) is 54.0 Å². The molecule has 2 fully saturated rings. The lowest BCUT2D eigenvalue weighted by Gasteiger charge is -2.43. The number of likely N-dealkylation sites (N-methyl/N-ethyl adjacent to an activating group) is 1. The third-order valence-corrected chi connectivity index (χ3v) is 6.66. The van der Waals surface area contributed by atoms with Crippen LogP contribution in [0.3, 0.4) is 0 Å². The molecule has 0 aromatic heterocycles. The van der Waals surface area contributed by atoms with E-state index in [1.165, 1.54) is 0 Å². The molecule has 29 heavy (non-hydrogen) atoms. The van der Waals surface area contributed by atoms with Crippen LogP contribution in [-0.4, -0.2) is 87.2 Å². The first-order valence-corrected chi connectivity index (χ1v) is 11.0. The van der Waals surface area contributed by atoms with Gasteiger partial charge in [-0.15, -0.1) is 24.0 Å². The predicted molar refractivity (Wildman–Crippen MR) is 130 cm³/mol. The molecule has 2 heterocycles. The van der Waals surface area contributed by atoms with E-state index < -0.39 is 0 Å². The van der Waals surface area contributed by atoms with Gasteiger partial charge >= 0.3 is 0 Å². The Morgan fingerprint density at radius 3 is 2.28 bits per heavy atom. The molecule has 2 N–H and O–H groups in total. The molecular weight excluding hydrogens is 481 g/mol. The number of carbonyl (C=O) groups excluding carboxylic acids is 1. The standard InChI is InChI=1S/C21H41N5O2.HI/c1-6-17(7-2)19(27)26-12-8-18(9-13-26)24-20(22-3)23-16-21(25(4)5)10-14-28-15-11-21;/h17-18H,6-16H2,1-5H3,(H2,22,23,24);1H. The Labute approximate surface area is 194 Å². The number of guanidine groups is 1. The van der Waals surface area contributed by atoms with E-state index in [9.17, 15) is 4.79 Å². The molecule has 0 spiro atoms. The minimum absolute atomic E-state index is 0. The van der Waals surface area contributed by atoms with E-state index in [-0.39, 0.29) is 35.4 Å². The van der Waals surface area contributed by atoms with E-state index in [1.807, 2.05) is 7.05 Å². The molecule has 8 heteroatoms. The highest BCUT2D eigenvalue weighted by Gasteiger charge is 2.35. The van der Waals surface area contributed by atoms with Crippen LogP contribution in [0.2, 0.25) is 0 Å². The van der Waals surface area contributed by atoms with Crippen LogP contribution in [0.25, 0.3) is 0 Å². The van der Waals surface area contributed by atoms with Crippen molar-refractivity contribution in [3.63, 3.8) is 0 Å². The average Bonchev–Trinajstić information content (AvgIpc) is 2.73. The molecule has 2 rings (SSSR count). The van der Waals surface area contributed by atoms with Gasteiger partial charge in [-0.1, -0.05) is 13.8 Å². The van der Waals surface area contributed by atoms with E-state index in [2.05, 4.69) is 53.4 Å². The van der Waals surface area contributed by atoms with Gasteiger partial charge in [-0.25, -0.2) is 0 Å². The molecule has 0 radical (unpaired) electrons. The molecule has 0 atom stereocenters. The van der Waals surface area contributed by atoms with Gasteiger partial charge in [-0.05, 0) is 52.6 Å². The molecule has 0 aromatic rings. The Bertz CT molecular complexity index is 511. The fourth-order valence-electron chi connectivity index (χ4n) is 4.31. The zero-order valence-electron chi connectivity index (χ0n) is 19.0. The van der Waals surface area contributed by atoms with Crippen LogP contribution in [0.15, 0.2) is 4.99 Å².